The van der Waals surface area contributed by atoms with Crippen LogP contribution in [0.15, 0.2) is 0 Å². The molecule has 0 atom stereocenters. The van der Waals surface area contributed by atoms with Gasteiger partial charge in [0.05, 0.1) is 0 Å². The van der Waals surface area contributed by atoms with Crippen LogP contribution in [0.5, 0.6) is 0 Å². The summed E-state index contributed by atoms with van der Waals surface area (Å²) in [5.74, 6) is 0. The Labute approximate surface area is 44.7 Å². The second kappa shape index (κ2) is 2.10. The summed E-state index contributed by atoms with van der Waals surface area (Å²) < 4.78 is 0. The maximum Gasteiger partial charge on any atom is 0.298 e. The fourth-order valence-corrected chi connectivity index (χ4v) is 0. The number of hydrogen-bond donors (Lipinski definition) is 1. The topological polar surface area (TPSA) is 37.3 Å². The molecule has 4 heteroatoms. The van der Waals surface area contributed by atoms with Gasteiger partial charge in [-0.05, 0) is 23.8 Å². The Morgan fingerprint density at radius 2 is 2.00 bits per heavy atom. The van der Waals surface area contributed by atoms with E-state index in [1.807, 2.05) is 0 Å². The van der Waals surface area contributed by atoms with E-state index in [1.54, 1.807) is 0 Å². The highest BCUT2D eigenvalue weighted by Gasteiger charge is 1.96. The third-order valence-electron chi connectivity index (χ3n) is 0.168. The summed E-state index contributed by atoms with van der Waals surface area (Å²) >= 11 is 8.48. The minimum atomic E-state index is -0.981. The third-order valence-corrected chi connectivity index (χ3v) is 0.645. The Morgan fingerprint density at radius 1 is 1.83 bits per heavy atom. The summed E-state index contributed by atoms with van der Waals surface area (Å²) in [6.45, 7) is 0. The zero-order valence-electron chi connectivity index (χ0n) is 2.64. The maximum atomic E-state index is 9.52. The first kappa shape index (κ1) is 5.85. The van der Waals surface area contributed by atoms with Crippen LogP contribution in [0.2, 0.25) is 0 Å². The fraction of sp³-hybridized carbons (Fsp3) is 0. The van der Waals surface area contributed by atoms with E-state index in [1.165, 1.54) is 0 Å². The van der Waals surface area contributed by atoms with Crippen LogP contribution in [0.25, 0.3) is 0 Å². The summed E-state index contributed by atoms with van der Waals surface area (Å²) in [4.78, 5) is 9.52. The highest BCUT2D eigenvalue weighted by molar-refractivity contribution is 7.82. The third kappa shape index (κ3) is 2.11. The molecular formula is C2HClO2S. The molecule has 0 saturated heterocycles. The molecule has 0 rings (SSSR count). The quantitative estimate of drug-likeness (QED) is 0.412. The van der Waals surface area contributed by atoms with Crippen LogP contribution in [-0.2, 0) is 4.79 Å². The van der Waals surface area contributed by atoms with Crippen molar-refractivity contribution < 1.29 is 9.90 Å². The normalized spacial score (nSPS) is 7.50. The van der Waals surface area contributed by atoms with Gasteiger partial charge in [-0.15, -0.1) is 0 Å². The van der Waals surface area contributed by atoms with Crippen molar-refractivity contribution in [1.82, 2.24) is 0 Å². The Hall–Kier alpha value is -0.150. The van der Waals surface area contributed by atoms with Crippen LogP contribution in [0.1, 0.15) is 0 Å². The summed E-state index contributed by atoms with van der Waals surface area (Å²) in [5, 5.41) is 6.12. The molecule has 0 spiro atoms. The lowest BCUT2D eigenvalue weighted by Gasteiger charge is -1.74. The Balaban J connectivity index is 3.57. The van der Waals surface area contributed by atoms with Gasteiger partial charge in [-0.1, -0.05) is 0 Å². The molecule has 6 heavy (non-hydrogen) atoms. The van der Waals surface area contributed by atoms with Crippen molar-refractivity contribution in [3.8, 4) is 0 Å². The highest BCUT2D eigenvalue weighted by Crippen LogP contribution is 1.78. The number of aliphatic hydroxyl groups excluding tert-OH is 1. The molecule has 0 heterocycles. The smallest absolute Gasteiger partial charge is 0.298 e. The number of carbonyl (C=O) groups is 1. The van der Waals surface area contributed by atoms with Crippen molar-refractivity contribution in [2.75, 3.05) is 0 Å². The van der Waals surface area contributed by atoms with E-state index in [0.29, 0.717) is 0 Å². The lowest BCUT2D eigenvalue weighted by Crippen LogP contribution is -1.99. The minimum Gasteiger partial charge on any atom is -0.496 e. The molecule has 0 fully saturated rings. The number of carbonyl (C=O) groups excluding carboxylic acids is 1. The second-order valence-corrected chi connectivity index (χ2v) is 1.31. The molecule has 0 aromatic rings. The van der Waals surface area contributed by atoms with Crippen LogP contribution in [0, 0.1) is 0 Å². The van der Waals surface area contributed by atoms with Gasteiger partial charge in [0, 0.05) is 0 Å². The summed E-state index contributed by atoms with van der Waals surface area (Å²) in [6.07, 6.45) is 0. The van der Waals surface area contributed by atoms with Crippen LogP contribution in [0.3, 0.4) is 0 Å². The van der Waals surface area contributed by atoms with Gasteiger partial charge in [0.25, 0.3) is 5.24 Å². The standard InChI is InChI=1S/C2HClO2S/c3-1(4)2(5)6/h(H,5,6). The van der Waals surface area contributed by atoms with Crippen molar-refractivity contribution in [1.29, 1.82) is 0 Å². The average molecular weight is 125 g/mol. The number of hydrogen-bond acceptors (Lipinski definition) is 2. The number of halogens is 1. The van der Waals surface area contributed by atoms with Crippen LogP contribution in [0.4, 0.5) is 0 Å². The monoisotopic (exact) mass is 124 g/mol. The first-order valence-corrected chi connectivity index (χ1v) is 1.86. The van der Waals surface area contributed by atoms with Crippen molar-refractivity contribution in [3.05, 3.63) is 0 Å². The summed E-state index contributed by atoms with van der Waals surface area (Å²) in [5.41, 5.74) is 0. The van der Waals surface area contributed by atoms with Gasteiger partial charge in [0.15, 0.2) is 0 Å². The number of rotatable bonds is 1. The van der Waals surface area contributed by atoms with Crippen molar-refractivity contribution in [2.45, 2.75) is 0 Å². The Morgan fingerprint density at radius 3 is 2.00 bits per heavy atom. The molecule has 0 aliphatic rings. The van der Waals surface area contributed by atoms with E-state index in [2.05, 4.69) is 23.8 Å². The molecule has 34 valence electrons. The Kier molecular flexibility index (Phi) is 2.05. The van der Waals surface area contributed by atoms with Gasteiger partial charge in [0.1, 0.15) is 0 Å². The highest BCUT2D eigenvalue weighted by atomic mass is 35.5. The molecule has 0 radical (unpaired) electrons. The molecule has 0 unspecified atom stereocenters. The van der Waals surface area contributed by atoms with Gasteiger partial charge in [-0.25, -0.2) is 0 Å². The molecule has 0 aromatic heterocycles. The molecular weight excluding hydrogens is 124 g/mol. The predicted molar refractivity (Wildman–Crippen MR) is 26.1 cm³/mol. The van der Waals surface area contributed by atoms with E-state index in [9.17, 15) is 4.79 Å². The van der Waals surface area contributed by atoms with Crippen LogP contribution in [-0.4, -0.2) is 15.4 Å². The molecule has 1 N–H and O–H groups in total. The maximum absolute atomic E-state index is 9.52. The van der Waals surface area contributed by atoms with Crippen LogP contribution >= 0.6 is 23.8 Å². The van der Waals surface area contributed by atoms with Gasteiger partial charge in [-0.3, -0.25) is 4.79 Å². The van der Waals surface area contributed by atoms with Gasteiger partial charge in [0.2, 0.25) is 5.05 Å². The zero-order valence-corrected chi connectivity index (χ0v) is 4.21. The lowest BCUT2D eigenvalue weighted by molar-refractivity contribution is -0.106. The minimum absolute atomic E-state index is 0.781. The molecule has 0 aliphatic heterocycles. The van der Waals surface area contributed by atoms with Crippen molar-refractivity contribution in [2.24, 2.45) is 0 Å². The van der Waals surface area contributed by atoms with Crippen molar-refractivity contribution >= 4 is 34.1 Å². The van der Waals surface area contributed by atoms with E-state index in [0.717, 1.165) is 0 Å². The zero-order chi connectivity index (χ0) is 5.15. The van der Waals surface area contributed by atoms with Crippen molar-refractivity contribution in [3.63, 3.8) is 0 Å². The SMILES string of the molecule is O=C(Cl)C(O)=S. The van der Waals surface area contributed by atoms with E-state index in [4.69, 9.17) is 5.11 Å². The number of thiocarbonyl (C=S) groups is 1. The first-order chi connectivity index (χ1) is 2.64. The Bertz CT molecular complexity index is 77.5. The fourth-order valence-electron chi connectivity index (χ4n) is 0. The summed E-state index contributed by atoms with van der Waals surface area (Å²) in [7, 11) is 0. The average Bonchev–Trinajstić information content (AvgIpc) is 1.36. The van der Waals surface area contributed by atoms with E-state index >= 15 is 0 Å². The predicted octanol–water partition coefficient (Wildman–Crippen LogP) is 0.637. The largest absolute Gasteiger partial charge is 0.496 e. The molecule has 0 aromatic carbocycles. The van der Waals surface area contributed by atoms with Crippen LogP contribution < -0.4 is 0 Å². The first-order valence-electron chi connectivity index (χ1n) is 1.07. The number of aliphatic hydroxyl groups is 1. The van der Waals surface area contributed by atoms with Gasteiger partial charge < -0.3 is 5.11 Å². The molecule has 0 saturated carbocycles. The summed E-state index contributed by atoms with van der Waals surface area (Å²) in [6, 6.07) is 0. The molecule has 0 bridgehead atoms. The second-order valence-electron chi connectivity index (χ2n) is 0.579. The van der Waals surface area contributed by atoms with Gasteiger partial charge in [-0.2, -0.15) is 0 Å². The molecule has 0 aliphatic carbocycles. The van der Waals surface area contributed by atoms with E-state index in [-0.39, 0.29) is 0 Å². The molecule has 2 nitrogen and oxygen atoms in total. The lowest BCUT2D eigenvalue weighted by atomic mass is 10.8. The molecule has 0 amide bonds. The van der Waals surface area contributed by atoms with Gasteiger partial charge >= 0.3 is 0 Å². The van der Waals surface area contributed by atoms with E-state index < -0.39 is 10.3 Å².